The van der Waals surface area contributed by atoms with Gasteiger partial charge in [-0.05, 0) is 56.7 Å². The molecule has 0 aliphatic heterocycles. The number of rotatable bonds is 8. The number of unbranched alkanes of at least 4 members (excludes halogenated alkanes) is 1. The number of halogens is 1. The van der Waals surface area contributed by atoms with Crippen LogP contribution in [0.15, 0.2) is 47.3 Å². The minimum Gasteiger partial charge on any atom is -0.497 e. The van der Waals surface area contributed by atoms with E-state index in [0.717, 1.165) is 12.8 Å². The van der Waals surface area contributed by atoms with Gasteiger partial charge in [0.05, 0.1) is 24.1 Å². The summed E-state index contributed by atoms with van der Waals surface area (Å²) in [5.41, 5.74) is 0.964. The first-order valence-electron chi connectivity index (χ1n) is 10.6. The lowest BCUT2D eigenvalue weighted by Gasteiger charge is -2.30. The third-order valence-corrected chi connectivity index (χ3v) is 5.67. The molecular weight excluding hydrogens is 414 g/mol. The molecule has 164 valence electrons. The van der Waals surface area contributed by atoms with E-state index in [4.69, 9.17) is 21.3 Å². The molecule has 0 radical (unpaired) electrons. The molecule has 3 aromatic rings. The molecule has 2 aromatic carbocycles. The SMILES string of the molecule is CCCCN(C(=O)c1cccc(OC)c1)C(C)c1nc2ccc(Cl)cc2c(=O)n1CC. The van der Waals surface area contributed by atoms with Crippen molar-refractivity contribution in [1.29, 1.82) is 0 Å². The Balaban J connectivity index is 2.10. The van der Waals surface area contributed by atoms with Gasteiger partial charge < -0.3 is 9.64 Å². The monoisotopic (exact) mass is 441 g/mol. The fourth-order valence-corrected chi connectivity index (χ4v) is 3.87. The molecule has 31 heavy (non-hydrogen) atoms. The van der Waals surface area contributed by atoms with Crippen molar-refractivity contribution in [3.63, 3.8) is 0 Å². The number of carbonyl (C=O) groups is 1. The van der Waals surface area contributed by atoms with Crippen LogP contribution in [0.1, 0.15) is 55.8 Å². The molecule has 1 amide bonds. The van der Waals surface area contributed by atoms with Gasteiger partial charge in [-0.1, -0.05) is 31.0 Å². The highest BCUT2D eigenvalue weighted by molar-refractivity contribution is 6.31. The zero-order valence-corrected chi connectivity index (χ0v) is 19.1. The van der Waals surface area contributed by atoms with E-state index >= 15 is 0 Å². The van der Waals surface area contributed by atoms with Crippen LogP contribution in [-0.2, 0) is 6.54 Å². The van der Waals surface area contributed by atoms with E-state index in [1.807, 2.05) is 13.8 Å². The molecule has 0 aliphatic carbocycles. The third-order valence-electron chi connectivity index (χ3n) is 5.43. The fourth-order valence-electron chi connectivity index (χ4n) is 3.70. The number of aromatic nitrogens is 2. The Kier molecular flexibility index (Phi) is 7.33. The van der Waals surface area contributed by atoms with Gasteiger partial charge in [0.25, 0.3) is 11.5 Å². The maximum absolute atomic E-state index is 13.5. The summed E-state index contributed by atoms with van der Waals surface area (Å²) >= 11 is 6.09. The number of nitrogens with zero attached hydrogens (tertiary/aromatic N) is 3. The standard InChI is InChI=1S/C24H28ClN3O3/c1-5-7-13-28(23(29)17-9-8-10-19(14-17)31-4)16(3)22-26-21-12-11-18(25)15-20(21)24(30)27(22)6-2/h8-12,14-16H,5-7,13H2,1-4H3. The summed E-state index contributed by atoms with van der Waals surface area (Å²) in [7, 11) is 1.58. The van der Waals surface area contributed by atoms with Crippen molar-refractivity contribution in [2.24, 2.45) is 0 Å². The number of hydrogen-bond donors (Lipinski definition) is 0. The summed E-state index contributed by atoms with van der Waals surface area (Å²) in [6.07, 6.45) is 1.79. The molecule has 0 saturated heterocycles. The van der Waals surface area contributed by atoms with E-state index in [1.165, 1.54) is 0 Å². The van der Waals surface area contributed by atoms with Crippen LogP contribution in [0.3, 0.4) is 0 Å². The van der Waals surface area contributed by atoms with Crippen molar-refractivity contribution in [1.82, 2.24) is 14.5 Å². The summed E-state index contributed by atoms with van der Waals surface area (Å²) in [6, 6.07) is 11.8. The Morgan fingerprint density at radius 1 is 1.23 bits per heavy atom. The second-order valence-electron chi connectivity index (χ2n) is 7.44. The van der Waals surface area contributed by atoms with E-state index in [1.54, 1.807) is 59.0 Å². The fraction of sp³-hybridized carbons (Fsp3) is 0.375. The lowest BCUT2D eigenvalue weighted by atomic mass is 10.1. The highest BCUT2D eigenvalue weighted by Gasteiger charge is 2.26. The first-order valence-corrected chi connectivity index (χ1v) is 10.9. The number of fused-ring (bicyclic) bond motifs is 1. The number of methoxy groups -OCH3 is 1. The molecule has 0 aliphatic rings. The second kappa shape index (κ2) is 9.96. The Morgan fingerprint density at radius 2 is 2.00 bits per heavy atom. The van der Waals surface area contributed by atoms with Crippen LogP contribution in [0.4, 0.5) is 0 Å². The number of amides is 1. The van der Waals surface area contributed by atoms with E-state index < -0.39 is 6.04 Å². The molecule has 6 nitrogen and oxygen atoms in total. The molecule has 0 bridgehead atoms. The Morgan fingerprint density at radius 3 is 2.68 bits per heavy atom. The van der Waals surface area contributed by atoms with Gasteiger partial charge in [0.1, 0.15) is 11.6 Å². The molecule has 0 fully saturated rings. The van der Waals surface area contributed by atoms with Gasteiger partial charge in [-0.25, -0.2) is 4.98 Å². The topological polar surface area (TPSA) is 64.4 Å². The zero-order chi connectivity index (χ0) is 22.5. The van der Waals surface area contributed by atoms with Gasteiger partial charge in [0, 0.05) is 23.7 Å². The Labute approximate surface area is 187 Å². The van der Waals surface area contributed by atoms with Crippen molar-refractivity contribution < 1.29 is 9.53 Å². The largest absolute Gasteiger partial charge is 0.497 e. The van der Waals surface area contributed by atoms with E-state index in [9.17, 15) is 9.59 Å². The number of carbonyl (C=O) groups excluding carboxylic acids is 1. The maximum atomic E-state index is 13.5. The quantitative estimate of drug-likeness (QED) is 0.488. The summed E-state index contributed by atoms with van der Waals surface area (Å²) in [5.74, 6) is 1.07. The summed E-state index contributed by atoms with van der Waals surface area (Å²) in [4.78, 5) is 33.2. The molecule has 0 N–H and O–H groups in total. The number of benzene rings is 2. The van der Waals surface area contributed by atoms with Gasteiger partial charge in [-0.3, -0.25) is 14.2 Å². The first-order chi connectivity index (χ1) is 14.9. The molecule has 3 rings (SSSR count). The van der Waals surface area contributed by atoms with Gasteiger partial charge >= 0.3 is 0 Å². The predicted octanol–water partition coefficient (Wildman–Crippen LogP) is 5.08. The van der Waals surface area contributed by atoms with Gasteiger partial charge in [-0.15, -0.1) is 0 Å². The molecule has 0 saturated carbocycles. The minimum absolute atomic E-state index is 0.118. The van der Waals surface area contributed by atoms with Crippen LogP contribution in [0.2, 0.25) is 5.02 Å². The molecule has 7 heteroatoms. The summed E-state index contributed by atoms with van der Waals surface area (Å²) in [5, 5.41) is 0.970. The van der Waals surface area contributed by atoms with Crippen LogP contribution >= 0.6 is 11.6 Å². The van der Waals surface area contributed by atoms with Crippen molar-refractivity contribution in [2.75, 3.05) is 13.7 Å². The number of hydrogen-bond acceptors (Lipinski definition) is 4. The van der Waals surface area contributed by atoms with Crippen LogP contribution in [0.5, 0.6) is 5.75 Å². The van der Waals surface area contributed by atoms with Gasteiger partial charge in [0.15, 0.2) is 0 Å². The van der Waals surface area contributed by atoms with Crippen LogP contribution in [-0.4, -0.2) is 34.0 Å². The molecular formula is C24H28ClN3O3. The van der Waals surface area contributed by atoms with Crippen molar-refractivity contribution in [3.8, 4) is 5.75 Å². The smallest absolute Gasteiger partial charge is 0.261 e. The summed E-state index contributed by atoms with van der Waals surface area (Å²) in [6.45, 7) is 6.91. The molecule has 1 atom stereocenters. The first kappa shape index (κ1) is 22.8. The molecule has 1 unspecified atom stereocenters. The number of ether oxygens (including phenoxy) is 1. The van der Waals surface area contributed by atoms with Crippen LogP contribution in [0.25, 0.3) is 10.9 Å². The molecule has 1 heterocycles. The summed E-state index contributed by atoms with van der Waals surface area (Å²) < 4.78 is 6.91. The van der Waals surface area contributed by atoms with E-state index in [-0.39, 0.29) is 11.5 Å². The second-order valence-corrected chi connectivity index (χ2v) is 7.88. The lowest BCUT2D eigenvalue weighted by molar-refractivity contribution is 0.0675. The minimum atomic E-state index is -0.391. The van der Waals surface area contributed by atoms with E-state index in [0.29, 0.717) is 46.2 Å². The van der Waals surface area contributed by atoms with Crippen molar-refractivity contribution in [2.45, 2.75) is 46.2 Å². The van der Waals surface area contributed by atoms with Crippen molar-refractivity contribution in [3.05, 3.63) is 69.2 Å². The van der Waals surface area contributed by atoms with Crippen LogP contribution < -0.4 is 10.3 Å². The van der Waals surface area contributed by atoms with Gasteiger partial charge in [-0.2, -0.15) is 0 Å². The molecule has 0 spiro atoms. The third kappa shape index (κ3) is 4.74. The lowest BCUT2D eigenvalue weighted by Crippen LogP contribution is -2.38. The van der Waals surface area contributed by atoms with Crippen molar-refractivity contribution >= 4 is 28.4 Å². The van der Waals surface area contributed by atoms with E-state index in [2.05, 4.69) is 6.92 Å². The highest BCUT2D eigenvalue weighted by atomic mass is 35.5. The predicted molar refractivity (Wildman–Crippen MR) is 124 cm³/mol. The maximum Gasteiger partial charge on any atom is 0.261 e. The average Bonchev–Trinajstić information content (AvgIpc) is 2.79. The Hall–Kier alpha value is -2.86. The molecule has 1 aromatic heterocycles. The highest BCUT2D eigenvalue weighted by Crippen LogP contribution is 2.25. The normalized spacial score (nSPS) is 12.0. The Bertz CT molecular complexity index is 1140. The average molecular weight is 442 g/mol. The van der Waals surface area contributed by atoms with Gasteiger partial charge in [0.2, 0.25) is 0 Å². The van der Waals surface area contributed by atoms with Crippen LogP contribution in [0, 0.1) is 0 Å². The zero-order valence-electron chi connectivity index (χ0n) is 18.4.